The lowest BCUT2D eigenvalue weighted by Gasteiger charge is -2.25. The van der Waals surface area contributed by atoms with Gasteiger partial charge in [0, 0.05) is 6.54 Å². The van der Waals surface area contributed by atoms with Crippen molar-refractivity contribution in [2.75, 3.05) is 26.6 Å². The van der Waals surface area contributed by atoms with Crippen LogP contribution in [0.4, 0.5) is 14.5 Å². The van der Waals surface area contributed by atoms with Gasteiger partial charge >= 0.3 is 6.61 Å². The number of amides is 1. The van der Waals surface area contributed by atoms with Crippen LogP contribution in [0.5, 0.6) is 17.2 Å². The average molecular weight is 408 g/mol. The molecule has 0 spiro atoms. The lowest BCUT2D eigenvalue weighted by molar-refractivity contribution is -0.120. The number of hydrogen-bond donors (Lipinski definition) is 1. The zero-order chi connectivity index (χ0) is 21.6. The van der Waals surface area contributed by atoms with Crippen molar-refractivity contribution in [2.24, 2.45) is 0 Å². The first kappa shape index (κ1) is 22.4. The van der Waals surface area contributed by atoms with E-state index in [0.29, 0.717) is 23.5 Å². The summed E-state index contributed by atoms with van der Waals surface area (Å²) in [5, 5.41) is 2.87. The van der Waals surface area contributed by atoms with Crippen molar-refractivity contribution in [2.45, 2.75) is 33.0 Å². The van der Waals surface area contributed by atoms with Crippen LogP contribution < -0.4 is 19.5 Å². The van der Waals surface area contributed by atoms with Crippen molar-refractivity contribution < 1.29 is 27.8 Å². The van der Waals surface area contributed by atoms with Gasteiger partial charge in [0.15, 0.2) is 11.5 Å². The fraction of sp³-hybridized carbons (Fsp3) is 0.381. The second-order valence-corrected chi connectivity index (χ2v) is 6.65. The molecule has 8 heteroatoms. The van der Waals surface area contributed by atoms with E-state index in [-0.39, 0.29) is 17.4 Å². The largest absolute Gasteiger partial charge is 0.495 e. The smallest absolute Gasteiger partial charge is 0.387 e. The van der Waals surface area contributed by atoms with Crippen molar-refractivity contribution in [1.82, 2.24) is 4.90 Å². The number of carbonyl (C=O) groups excluding carboxylic acids is 1. The molecule has 0 aliphatic rings. The van der Waals surface area contributed by atoms with Gasteiger partial charge in [0.1, 0.15) is 5.75 Å². The molecule has 2 aromatic rings. The van der Waals surface area contributed by atoms with Crippen molar-refractivity contribution >= 4 is 11.6 Å². The molecule has 1 N–H and O–H groups in total. The number of rotatable bonds is 9. The highest BCUT2D eigenvalue weighted by molar-refractivity contribution is 5.95. The second kappa shape index (κ2) is 10.1. The third-order valence-electron chi connectivity index (χ3n) is 4.53. The van der Waals surface area contributed by atoms with Crippen LogP contribution in [0.15, 0.2) is 36.4 Å². The van der Waals surface area contributed by atoms with E-state index in [0.717, 1.165) is 5.56 Å². The fourth-order valence-corrected chi connectivity index (χ4v) is 2.79. The molecule has 0 saturated carbocycles. The predicted octanol–water partition coefficient (Wildman–Crippen LogP) is 4.07. The summed E-state index contributed by atoms with van der Waals surface area (Å²) in [5.74, 6) is 0.528. The Morgan fingerprint density at radius 3 is 2.34 bits per heavy atom. The summed E-state index contributed by atoms with van der Waals surface area (Å²) in [6.07, 6.45) is 0. The minimum atomic E-state index is -2.95. The summed E-state index contributed by atoms with van der Waals surface area (Å²) >= 11 is 0. The van der Waals surface area contributed by atoms with Crippen LogP contribution in [-0.4, -0.2) is 44.7 Å². The minimum absolute atomic E-state index is 0.0463. The summed E-state index contributed by atoms with van der Waals surface area (Å²) in [6, 6.07) is 9.82. The molecule has 0 bridgehead atoms. The molecule has 6 nitrogen and oxygen atoms in total. The number of methoxy groups -OCH3 is 2. The SMILES string of the molecule is COc1ccc(C)cc1NC(=O)C(C)N(C)Cc1ccc(OC)c(OC(F)F)c1. The van der Waals surface area contributed by atoms with Crippen LogP contribution in [0.2, 0.25) is 0 Å². The second-order valence-electron chi connectivity index (χ2n) is 6.65. The summed E-state index contributed by atoms with van der Waals surface area (Å²) in [5.41, 5.74) is 2.29. The summed E-state index contributed by atoms with van der Waals surface area (Å²) in [7, 11) is 4.69. The van der Waals surface area contributed by atoms with Crippen LogP contribution >= 0.6 is 0 Å². The molecule has 0 aliphatic heterocycles. The third-order valence-corrected chi connectivity index (χ3v) is 4.53. The monoisotopic (exact) mass is 408 g/mol. The molecule has 0 saturated heterocycles. The Kier molecular flexibility index (Phi) is 7.78. The van der Waals surface area contributed by atoms with Crippen molar-refractivity contribution in [1.29, 1.82) is 0 Å². The third kappa shape index (κ3) is 6.05. The Hall–Kier alpha value is -2.87. The molecular weight excluding hydrogens is 382 g/mol. The zero-order valence-electron chi connectivity index (χ0n) is 17.2. The molecule has 2 aromatic carbocycles. The molecule has 0 fully saturated rings. The van der Waals surface area contributed by atoms with Crippen LogP contribution in [0.25, 0.3) is 0 Å². The van der Waals surface area contributed by atoms with Gasteiger partial charge in [0.2, 0.25) is 5.91 Å². The molecule has 2 rings (SSSR count). The van der Waals surface area contributed by atoms with Gasteiger partial charge in [-0.2, -0.15) is 8.78 Å². The van der Waals surface area contributed by atoms with Gasteiger partial charge in [-0.25, -0.2) is 0 Å². The van der Waals surface area contributed by atoms with Crippen LogP contribution in [0.3, 0.4) is 0 Å². The van der Waals surface area contributed by atoms with E-state index < -0.39 is 12.7 Å². The van der Waals surface area contributed by atoms with Gasteiger partial charge < -0.3 is 19.5 Å². The number of ether oxygens (including phenoxy) is 3. The lowest BCUT2D eigenvalue weighted by Crippen LogP contribution is -2.39. The maximum absolute atomic E-state index is 12.7. The number of alkyl halides is 2. The number of halogens is 2. The molecule has 29 heavy (non-hydrogen) atoms. The Labute approximate surface area is 169 Å². The molecule has 158 valence electrons. The zero-order valence-corrected chi connectivity index (χ0v) is 17.2. The van der Waals surface area contributed by atoms with Crippen molar-refractivity contribution in [3.8, 4) is 17.2 Å². The summed E-state index contributed by atoms with van der Waals surface area (Å²) < 4.78 is 40.1. The Morgan fingerprint density at radius 2 is 1.72 bits per heavy atom. The molecule has 1 amide bonds. The van der Waals surface area contributed by atoms with Crippen LogP contribution in [0, 0.1) is 6.92 Å². The highest BCUT2D eigenvalue weighted by Crippen LogP contribution is 2.30. The first-order chi connectivity index (χ1) is 13.7. The molecule has 0 aliphatic carbocycles. The quantitative estimate of drug-likeness (QED) is 0.678. The number of benzene rings is 2. The van der Waals surface area contributed by atoms with E-state index in [9.17, 15) is 13.6 Å². The Balaban J connectivity index is 2.09. The van der Waals surface area contributed by atoms with E-state index in [1.54, 1.807) is 44.2 Å². The maximum Gasteiger partial charge on any atom is 0.387 e. The van der Waals surface area contributed by atoms with Crippen molar-refractivity contribution in [3.63, 3.8) is 0 Å². The molecule has 0 aromatic heterocycles. The van der Waals surface area contributed by atoms with Gasteiger partial charge in [-0.3, -0.25) is 9.69 Å². The number of hydrogen-bond acceptors (Lipinski definition) is 5. The van der Waals surface area contributed by atoms with E-state index >= 15 is 0 Å². The lowest BCUT2D eigenvalue weighted by atomic mass is 10.1. The van der Waals surface area contributed by atoms with E-state index in [1.165, 1.54) is 13.2 Å². The van der Waals surface area contributed by atoms with Crippen LogP contribution in [-0.2, 0) is 11.3 Å². The number of likely N-dealkylation sites (N-methyl/N-ethyl adjacent to an activating group) is 1. The first-order valence-corrected chi connectivity index (χ1v) is 9.02. The molecular formula is C21H26F2N2O4. The predicted molar refractivity (Wildman–Crippen MR) is 107 cm³/mol. The van der Waals surface area contributed by atoms with Crippen LogP contribution in [0.1, 0.15) is 18.1 Å². The van der Waals surface area contributed by atoms with Gasteiger partial charge in [-0.15, -0.1) is 0 Å². The average Bonchev–Trinajstić information content (AvgIpc) is 2.67. The summed E-state index contributed by atoms with van der Waals surface area (Å²) in [6.45, 7) is 1.08. The van der Waals surface area contributed by atoms with Gasteiger partial charge in [0.05, 0.1) is 25.9 Å². The summed E-state index contributed by atoms with van der Waals surface area (Å²) in [4.78, 5) is 14.5. The normalized spacial score (nSPS) is 12.0. The van der Waals surface area contributed by atoms with E-state index in [1.807, 2.05) is 19.1 Å². The number of anilines is 1. The maximum atomic E-state index is 12.7. The molecule has 1 unspecified atom stereocenters. The number of carbonyl (C=O) groups is 1. The Bertz CT molecular complexity index is 845. The highest BCUT2D eigenvalue weighted by atomic mass is 19.3. The standard InChI is InChI=1S/C21H26F2N2O4/c1-13-6-8-17(27-4)16(10-13)24-20(26)14(2)25(3)12-15-7-9-18(28-5)19(11-15)29-21(22)23/h6-11,14,21H,12H2,1-5H3,(H,24,26). The molecule has 1 atom stereocenters. The minimum Gasteiger partial charge on any atom is -0.495 e. The molecule has 0 radical (unpaired) electrons. The van der Waals surface area contributed by atoms with Gasteiger partial charge in [0.25, 0.3) is 0 Å². The number of nitrogens with one attached hydrogen (secondary N) is 1. The number of nitrogens with zero attached hydrogens (tertiary/aromatic N) is 1. The Morgan fingerprint density at radius 1 is 1.07 bits per heavy atom. The fourth-order valence-electron chi connectivity index (χ4n) is 2.79. The molecule has 0 heterocycles. The first-order valence-electron chi connectivity index (χ1n) is 9.02. The van der Waals surface area contributed by atoms with E-state index in [4.69, 9.17) is 9.47 Å². The van der Waals surface area contributed by atoms with E-state index in [2.05, 4.69) is 10.1 Å². The van der Waals surface area contributed by atoms with Crippen molar-refractivity contribution in [3.05, 3.63) is 47.5 Å². The van der Waals surface area contributed by atoms with Gasteiger partial charge in [-0.1, -0.05) is 12.1 Å². The topological polar surface area (TPSA) is 60.0 Å². The number of aryl methyl sites for hydroxylation is 1. The van der Waals surface area contributed by atoms with Gasteiger partial charge in [-0.05, 0) is 56.3 Å². The highest BCUT2D eigenvalue weighted by Gasteiger charge is 2.20.